The van der Waals surface area contributed by atoms with Crippen molar-refractivity contribution >= 4 is 76.2 Å². The molecule has 0 spiro atoms. The zero-order valence-electron chi connectivity index (χ0n) is 25.1. The van der Waals surface area contributed by atoms with Crippen molar-refractivity contribution in [2.75, 3.05) is 48.0 Å². The highest BCUT2D eigenvalue weighted by Crippen LogP contribution is 2.32. The smallest absolute Gasteiger partial charge is 0.257 e. The van der Waals surface area contributed by atoms with Gasteiger partial charge < -0.3 is 14.9 Å². The molecule has 1 aliphatic heterocycles. The number of nitrogens with one attached hydrogen (secondary N) is 2. The van der Waals surface area contributed by atoms with Gasteiger partial charge in [0.15, 0.2) is 0 Å². The number of anilines is 3. The van der Waals surface area contributed by atoms with Gasteiger partial charge in [0.2, 0.25) is 0 Å². The average Bonchev–Trinajstić information content (AvgIpc) is 3.00. The number of amides is 1. The molecule has 230 valence electrons. The van der Waals surface area contributed by atoms with Gasteiger partial charge in [-0.05, 0) is 49.9 Å². The molecule has 0 bridgehead atoms. The molecule has 6 nitrogen and oxygen atoms in total. The van der Waals surface area contributed by atoms with E-state index in [1.165, 1.54) is 19.3 Å². The van der Waals surface area contributed by atoms with Crippen LogP contribution in [0.3, 0.4) is 0 Å². The Kier molecular flexibility index (Phi) is 19.8. The van der Waals surface area contributed by atoms with E-state index in [4.69, 9.17) is 34.8 Å². The van der Waals surface area contributed by atoms with Crippen LogP contribution in [0.25, 0.3) is 0 Å². The van der Waals surface area contributed by atoms with Gasteiger partial charge in [-0.25, -0.2) is 4.31 Å². The minimum atomic E-state index is -0.255. The summed E-state index contributed by atoms with van der Waals surface area (Å²) >= 11 is 19.1. The molecule has 1 aliphatic rings. The Morgan fingerprint density at radius 3 is 2.12 bits per heavy atom. The lowest BCUT2D eigenvalue weighted by Crippen LogP contribution is -2.31. The second-order valence-corrected chi connectivity index (χ2v) is 11.7. The fraction of sp³-hybridized carbons (Fsp3) is 0.375. The molecule has 0 aliphatic carbocycles. The first-order valence-electron chi connectivity index (χ1n) is 14.1. The van der Waals surface area contributed by atoms with Crippen LogP contribution in [0.15, 0.2) is 66.7 Å². The molecule has 3 aromatic rings. The molecule has 2 N–H and O–H groups in total. The maximum absolute atomic E-state index is 12.6. The molecule has 3 aromatic carbocycles. The summed E-state index contributed by atoms with van der Waals surface area (Å²) in [5.41, 5.74) is 3.56. The number of hydrogen-bond donors (Lipinski definition) is 2. The first-order valence-corrected chi connectivity index (χ1v) is 16.1. The number of aldehydes is 1. The monoisotopic (exact) mass is 652 g/mol. The van der Waals surface area contributed by atoms with Crippen molar-refractivity contribution in [2.45, 2.75) is 46.5 Å². The Balaban J connectivity index is 0.000000450. The van der Waals surface area contributed by atoms with Gasteiger partial charge in [0.1, 0.15) is 6.29 Å². The highest BCUT2D eigenvalue weighted by Gasteiger charge is 2.19. The van der Waals surface area contributed by atoms with E-state index in [0.29, 0.717) is 21.3 Å². The normalized spacial score (nSPS) is 12.3. The van der Waals surface area contributed by atoms with Crippen LogP contribution in [-0.2, 0) is 0 Å². The number of halogens is 3. The zero-order valence-corrected chi connectivity index (χ0v) is 28.2. The lowest BCUT2D eigenvalue weighted by atomic mass is 10.1. The first-order chi connectivity index (χ1) is 20.2. The fourth-order valence-corrected chi connectivity index (χ4v) is 5.02. The first kappa shape index (κ1) is 37.6. The van der Waals surface area contributed by atoms with Crippen molar-refractivity contribution in [2.24, 2.45) is 0 Å². The second kappa shape index (κ2) is 22.2. The maximum atomic E-state index is 12.6. The van der Waals surface area contributed by atoms with Crippen molar-refractivity contribution in [3.8, 4) is 0 Å². The van der Waals surface area contributed by atoms with Crippen molar-refractivity contribution in [1.82, 2.24) is 4.31 Å². The van der Waals surface area contributed by atoms with Crippen LogP contribution in [0.5, 0.6) is 0 Å². The molecular weight excluding hydrogens is 611 g/mol. The number of rotatable bonds is 7. The summed E-state index contributed by atoms with van der Waals surface area (Å²) in [6, 6.07) is 19.9. The van der Waals surface area contributed by atoms with E-state index in [9.17, 15) is 9.59 Å². The fourth-order valence-electron chi connectivity index (χ4n) is 3.58. The van der Waals surface area contributed by atoms with E-state index < -0.39 is 0 Å². The summed E-state index contributed by atoms with van der Waals surface area (Å²) in [5.74, 6) is 0.467. The molecule has 1 fully saturated rings. The predicted molar refractivity (Wildman–Crippen MR) is 186 cm³/mol. The van der Waals surface area contributed by atoms with Gasteiger partial charge in [-0.1, -0.05) is 93.6 Å². The SMILES string of the molecule is CCCCC.CCCl.CNc1cc(NC(=O)c2ccc(N3CCCN(C)S3)cc2Cl)ccc1Cl.O=Cc1ccccc1. The van der Waals surface area contributed by atoms with Crippen molar-refractivity contribution < 1.29 is 9.59 Å². The highest BCUT2D eigenvalue weighted by molar-refractivity contribution is 7.98. The Hall–Kier alpha value is -2.42. The number of nitrogens with zero attached hydrogens (tertiary/aromatic N) is 2. The molecule has 0 radical (unpaired) electrons. The van der Waals surface area contributed by atoms with Crippen LogP contribution in [0.4, 0.5) is 17.1 Å². The Morgan fingerprint density at radius 1 is 0.952 bits per heavy atom. The minimum Gasteiger partial charge on any atom is -0.387 e. The molecular formula is C32H43Cl3N4O2S. The molecule has 0 aromatic heterocycles. The zero-order chi connectivity index (χ0) is 31.3. The summed E-state index contributed by atoms with van der Waals surface area (Å²) in [4.78, 5) is 22.6. The second-order valence-electron chi connectivity index (χ2n) is 9.10. The number of benzene rings is 3. The number of alkyl halides is 1. The Morgan fingerprint density at radius 2 is 1.62 bits per heavy atom. The van der Waals surface area contributed by atoms with Gasteiger partial charge in [-0.2, -0.15) is 0 Å². The van der Waals surface area contributed by atoms with Gasteiger partial charge in [-0.15, -0.1) is 11.6 Å². The molecule has 42 heavy (non-hydrogen) atoms. The van der Waals surface area contributed by atoms with E-state index >= 15 is 0 Å². The molecule has 4 rings (SSSR count). The maximum Gasteiger partial charge on any atom is 0.257 e. The molecule has 0 atom stereocenters. The van der Waals surface area contributed by atoms with Crippen LogP contribution in [-0.4, -0.2) is 49.6 Å². The molecule has 1 amide bonds. The minimum absolute atomic E-state index is 0.255. The van der Waals surface area contributed by atoms with Gasteiger partial charge >= 0.3 is 0 Å². The van der Waals surface area contributed by atoms with Crippen molar-refractivity contribution in [3.05, 3.63) is 87.9 Å². The largest absolute Gasteiger partial charge is 0.387 e. The number of carbonyl (C=O) groups excluding carboxylic acids is 2. The molecule has 0 saturated carbocycles. The molecule has 1 heterocycles. The summed E-state index contributed by atoms with van der Waals surface area (Å²) in [7, 11) is 3.84. The lowest BCUT2D eigenvalue weighted by Gasteiger charge is -2.32. The third-order valence-corrected chi connectivity index (χ3v) is 7.39. The van der Waals surface area contributed by atoms with Gasteiger partial charge in [-0.3, -0.25) is 9.59 Å². The topological polar surface area (TPSA) is 64.7 Å². The van der Waals surface area contributed by atoms with Gasteiger partial charge in [0.25, 0.3) is 5.91 Å². The summed E-state index contributed by atoms with van der Waals surface area (Å²) in [6.45, 7) is 8.33. The molecule has 10 heteroatoms. The summed E-state index contributed by atoms with van der Waals surface area (Å²) in [5, 5.41) is 6.87. The van der Waals surface area contributed by atoms with E-state index in [0.717, 1.165) is 48.6 Å². The van der Waals surface area contributed by atoms with Crippen molar-refractivity contribution in [1.29, 1.82) is 0 Å². The Bertz CT molecular complexity index is 1200. The summed E-state index contributed by atoms with van der Waals surface area (Å²) in [6.07, 6.45) is 6.00. The lowest BCUT2D eigenvalue weighted by molar-refractivity contribution is 0.102. The highest BCUT2D eigenvalue weighted by atomic mass is 35.5. The quantitative estimate of drug-likeness (QED) is 0.150. The molecule has 1 saturated heterocycles. The third-order valence-electron chi connectivity index (χ3n) is 5.69. The van der Waals surface area contributed by atoms with Crippen LogP contribution in [0, 0.1) is 0 Å². The van der Waals surface area contributed by atoms with Crippen LogP contribution in [0.1, 0.15) is 67.2 Å². The van der Waals surface area contributed by atoms with E-state index in [1.807, 2.05) is 37.3 Å². The molecule has 0 unspecified atom stereocenters. The number of carbonyl (C=O) groups is 2. The van der Waals surface area contributed by atoms with Crippen LogP contribution >= 0.6 is 46.9 Å². The van der Waals surface area contributed by atoms with Gasteiger partial charge in [0, 0.05) is 55.1 Å². The van der Waals surface area contributed by atoms with E-state index in [1.54, 1.807) is 55.6 Å². The standard InChI is InChI=1S/C18H20Cl2N4OS.C7H6O.C5H12.C2H5Cl/c1-21-17-10-12(4-7-15(17)19)22-18(25)14-6-5-13(11-16(14)20)24-9-3-8-23(2)26-24;8-6-7-4-2-1-3-5-7;1-3-5-4-2;1-2-3/h4-7,10-11,21H,3,8-9H2,1-2H3,(H,22,25);1-6H;3-5H2,1-2H3;2H2,1H3. The number of unbranched alkanes of at least 4 members (excludes halogenated alkanes) is 2. The Labute approximate surface area is 271 Å². The van der Waals surface area contributed by atoms with E-state index in [2.05, 4.69) is 40.1 Å². The van der Waals surface area contributed by atoms with Crippen LogP contribution < -0.4 is 14.9 Å². The number of hydrogen-bond acceptors (Lipinski definition) is 6. The van der Waals surface area contributed by atoms with Gasteiger partial charge in [0.05, 0.1) is 21.3 Å². The average molecular weight is 654 g/mol. The van der Waals surface area contributed by atoms with Crippen molar-refractivity contribution in [3.63, 3.8) is 0 Å². The third kappa shape index (κ3) is 14.2. The summed E-state index contributed by atoms with van der Waals surface area (Å²) < 4.78 is 4.35. The van der Waals surface area contributed by atoms with E-state index in [-0.39, 0.29) is 5.91 Å². The predicted octanol–water partition coefficient (Wildman–Crippen LogP) is 9.93. The van der Waals surface area contributed by atoms with Crippen LogP contribution in [0.2, 0.25) is 10.0 Å².